The van der Waals surface area contributed by atoms with Crippen LogP contribution in [0.1, 0.15) is 19.3 Å². The van der Waals surface area contributed by atoms with Crippen LogP contribution in [-0.4, -0.2) is 36.2 Å². The van der Waals surface area contributed by atoms with E-state index in [0.29, 0.717) is 0 Å². The highest BCUT2D eigenvalue weighted by Crippen LogP contribution is 2.64. The van der Waals surface area contributed by atoms with Crippen molar-refractivity contribution < 1.29 is 28.2 Å². The van der Waals surface area contributed by atoms with E-state index in [0.717, 1.165) is 0 Å². The van der Waals surface area contributed by atoms with Gasteiger partial charge in [0.2, 0.25) is 0 Å². The molecule has 1 amide bonds. The molecule has 0 radical (unpaired) electrons. The Morgan fingerprint density at radius 3 is 2.56 bits per heavy atom. The van der Waals surface area contributed by atoms with Crippen LogP contribution < -0.4 is 5.32 Å². The van der Waals surface area contributed by atoms with Crippen molar-refractivity contribution in [3.8, 4) is 0 Å². The predicted octanol–water partition coefficient (Wildman–Crippen LogP) is 1.79. The Balaban J connectivity index is 2.35. The van der Waals surface area contributed by atoms with E-state index in [9.17, 15) is 18.4 Å². The van der Waals surface area contributed by atoms with Crippen molar-refractivity contribution in [1.82, 2.24) is 5.32 Å². The van der Waals surface area contributed by atoms with Gasteiger partial charge in [-0.3, -0.25) is 4.79 Å². The molecule has 2 N–H and O–H groups in total. The molecule has 1 atom stereocenters. The third-order valence-corrected chi connectivity index (χ3v) is 2.91. The highest BCUT2D eigenvalue weighted by Gasteiger charge is 2.70. The maximum Gasteiger partial charge on any atom is 0.407 e. The van der Waals surface area contributed by atoms with Crippen LogP contribution in [-0.2, 0) is 9.53 Å². The number of carboxylic acids is 1. The quantitative estimate of drug-likeness (QED) is 0.686. The van der Waals surface area contributed by atoms with Gasteiger partial charge in [0.15, 0.2) is 0 Å². The third-order valence-electron chi connectivity index (χ3n) is 2.91. The molecular weight excluding hydrogens is 248 g/mol. The standard InChI is InChI=1S/C11H15F2NO4/c1-2-5-18-9(17)14-4-3-10(6-8(15)16)7-11(10,12)13/h2H,1,3-7H2,(H,14,17)(H,15,16). The second-order valence-electron chi connectivity index (χ2n) is 4.30. The summed E-state index contributed by atoms with van der Waals surface area (Å²) in [5.41, 5.74) is -1.52. The van der Waals surface area contributed by atoms with Gasteiger partial charge in [0.05, 0.1) is 11.8 Å². The molecule has 0 bridgehead atoms. The lowest BCUT2D eigenvalue weighted by molar-refractivity contribution is -0.139. The van der Waals surface area contributed by atoms with Crippen molar-refractivity contribution in [3.63, 3.8) is 0 Å². The highest BCUT2D eigenvalue weighted by atomic mass is 19.3. The van der Waals surface area contributed by atoms with Crippen LogP contribution in [0.25, 0.3) is 0 Å². The van der Waals surface area contributed by atoms with Crippen molar-refractivity contribution in [3.05, 3.63) is 12.7 Å². The van der Waals surface area contributed by atoms with Crippen LogP contribution in [0.3, 0.4) is 0 Å². The van der Waals surface area contributed by atoms with E-state index in [1.807, 2.05) is 0 Å². The SMILES string of the molecule is C=CCOC(=O)NCCC1(CC(=O)O)CC1(F)F. The van der Waals surface area contributed by atoms with Gasteiger partial charge in [0.25, 0.3) is 5.92 Å². The van der Waals surface area contributed by atoms with Crippen LogP contribution in [0, 0.1) is 5.41 Å². The summed E-state index contributed by atoms with van der Waals surface area (Å²) in [6, 6.07) is 0. The lowest BCUT2D eigenvalue weighted by atomic mass is 9.97. The molecule has 1 fully saturated rings. The first-order chi connectivity index (χ1) is 8.33. The smallest absolute Gasteiger partial charge is 0.407 e. The van der Waals surface area contributed by atoms with E-state index in [4.69, 9.17) is 5.11 Å². The molecule has 0 aromatic heterocycles. The zero-order valence-electron chi connectivity index (χ0n) is 9.75. The summed E-state index contributed by atoms with van der Waals surface area (Å²) in [5.74, 6) is -4.22. The molecule has 7 heteroatoms. The number of hydrogen-bond acceptors (Lipinski definition) is 3. The summed E-state index contributed by atoms with van der Waals surface area (Å²) in [6.07, 6.45) is -0.487. The van der Waals surface area contributed by atoms with Crippen LogP contribution in [0.4, 0.5) is 13.6 Å². The number of alkyl carbamates (subject to hydrolysis) is 1. The van der Waals surface area contributed by atoms with Crippen molar-refractivity contribution in [2.75, 3.05) is 13.2 Å². The van der Waals surface area contributed by atoms with E-state index in [1.54, 1.807) is 0 Å². The first kappa shape index (κ1) is 14.4. The number of carboxylic acid groups (broad SMARTS) is 1. The van der Waals surface area contributed by atoms with Gasteiger partial charge in [-0.25, -0.2) is 13.6 Å². The van der Waals surface area contributed by atoms with Crippen LogP contribution in [0.15, 0.2) is 12.7 Å². The first-order valence-corrected chi connectivity index (χ1v) is 5.44. The second kappa shape index (κ2) is 5.32. The molecule has 1 rings (SSSR count). The lowest BCUT2D eigenvalue weighted by Crippen LogP contribution is -2.29. The Labute approximate surface area is 103 Å². The summed E-state index contributed by atoms with van der Waals surface area (Å²) in [7, 11) is 0. The number of nitrogens with one attached hydrogen (secondary N) is 1. The highest BCUT2D eigenvalue weighted by molar-refractivity contribution is 5.69. The summed E-state index contributed by atoms with van der Waals surface area (Å²) in [5, 5.41) is 10.9. The summed E-state index contributed by atoms with van der Waals surface area (Å²) in [4.78, 5) is 21.5. The molecule has 0 aromatic carbocycles. The third kappa shape index (κ3) is 3.41. The maximum atomic E-state index is 13.1. The van der Waals surface area contributed by atoms with Gasteiger partial charge < -0.3 is 15.2 Å². The van der Waals surface area contributed by atoms with Gasteiger partial charge in [-0.15, -0.1) is 0 Å². The number of hydrogen-bond donors (Lipinski definition) is 2. The van der Waals surface area contributed by atoms with Crippen LogP contribution in [0.2, 0.25) is 0 Å². The first-order valence-electron chi connectivity index (χ1n) is 5.44. The minimum absolute atomic E-state index is 0.0300. The Kier molecular flexibility index (Phi) is 4.26. The number of rotatable bonds is 7. The molecule has 0 aromatic rings. The predicted molar refractivity (Wildman–Crippen MR) is 58.4 cm³/mol. The van der Waals surface area contributed by atoms with E-state index in [2.05, 4.69) is 16.6 Å². The molecular formula is C11H15F2NO4. The van der Waals surface area contributed by atoms with Crippen LogP contribution in [0.5, 0.6) is 0 Å². The zero-order valence-corrected chi connectivity index (χ0v) is 9.75. The minimum Gasteiger partial charge on any atom is -0.481 e. The molecule has 1 unspecified atom stereocenters. The van der Waals surface area contributed by atoms with Gasteiger partial charge in [0.1, 0.15) is 6.61 Å². The summed E-state index contributed by atoms with van der Waals surface area (Å²) >= 11 is 0. The Morgan fingerprint density at radius 2 is 2.11 bits per heavy atom. The van der Waals surface area contributed by atoms with Crippen molar-refractivity contribution in [1.29, 1.82) is 0 Å². The number of carbonyl (C=O) groups excluding carboxylic acids is 1. The van der Waals surface area contributed by atoms with Gasteiger partial charge in [-0.1, -0.05) is 12.7 Å². The largest absolute Gasteiger partial charge is 0.481 e. The number of amides is 1. The van der Waals surface area contributed by atoms with Crippen molar-refractivity contribution >= 4 is 12.1 Å². The van der Waals surface area contributed by atoms with Crippen molar-refractivity contribution in [2.45, 2.75) is 25.2 Å². The van der Waals surface area contributed by atoms with Crippen LogP contribution >= 0.6 is 0 Å². The van der Waals surface area contributed by atoms with E-state index >= 15 is 0 Å². The topological polar surface area (TPSA) is 75.6 Å². The monoisotopic (exact) mass is 263 g/mol. The Morgan fingerprint density at radius 1 is 1.50 bits per heavy atom. The normalized spacial score (nSPS) is 24.1. The van der Waals surface area contributed by atoms with E-state index in [-0.39, 0.29) is 19.6 Å². The molecule has 102 valence electrons. The van der Waals surface area contributed by atoms with Gasteiger partial charge in [0, 0.05) is 13.0 Å². The Hall–Kier alpha value is -1.66. The van der Waals surface area contributed by atoms with Gasteiger partial charge in [-0.05, 0) is 6.42 Å². The molecule has 1 aliphatic carbocycles. The number of alkyl halides is 2. The fourth-order valence-electron chi connectivity index (χ4n) is 1.81. The maximum absolute atomic E-state index is 13.1. The molecule has 1 saturated carbocycles. The Bertz CT molecular complexity index is 359. The minimum atomic E-state index is -2.96. The van der Waals surface area contributed by atoms with Gasteiger partial charge in [-0.2, -0.15) is 0 Å². The molecule has 18 heavy (non-hydrogen) atoms. The lowest BCUT2D eigenvalue weighted by Gasteiger charge is -2.14. The molecule has 0 heterocycles. The molecule has 5 nitrogen and oxygen atoms in total. The number of aliphatic carboxylic acids is 1. The molecule has 0 saturated heterocycles. The fraction of sp³-hybridized carbons (Fsp3) is 0.636. The molecule has 0 aliphatic heterocycles. The number of halogens is 2. The number of carbonyl (C=O) groups is 2. The zero-order chi connectivity index (χ0) is 13.8. The average molecular weight is 263 g/mol. The molecule has 0 spiro atoms. The van der Waals surface area contributed by atoms with E-state index < -0.39 is 36.2 Å². The summed E-state index contributed by atoms with van der Waals surface area (Å²) in [6.45, 7) is 3.33. The summed E-state index contributed by atoms with van der Waals surface area (Å²) < 4.78 is 30.8. The van der Waals surface area contributed by atoms with Crippen molar-refractivity contribution in [2.24, 2.45) is 5.41 Å². The molecule has 1 aliphatic rings. The fourth-order valence-corrected chi connectivity index (χ4v) is 1.81. The average Bonchev–Trinajstić information content (AvgIpc) is 2.76. The van der Waals surface area contributed by atoms with E-state index in [1.165, 1.54) is 6.08 Å². The van der Waals surface area contributed by atoms with Gasteiger partial charge >= 0.3 is 12.1 Å². The number of ether oxygens (including phenoxy) is 1. The second-order valence-corrected chi connectivity index (χ2v) is 4.30.